The third kappa shape index (κ3) is 3.90. The number of amidine groups is 1. The van der Waals surface area contributed by atoms with E-state index >= 15 is 0 Å². The lowest BCUT2D eigenvalue weighted by Gasteiger charge is -2.33. The van der Waals surface area contributed by atoms with Crippen molar-refractivity contribution in [2.75, 3.05) is 33.2 Å². The highest BCUT2D eigenvalue weighted by Gasteiger charge is 2.22. The summed E-state index contributed by atoms with van der Waals surface area (Å²) in [5, 5.41) is 0. The zero-order chi connectivity index (χ0) is 14.5. The average molecular weight is 273 g/mol. The highest BCUT2D eigenvalue weighted by Crippen LogP contribution is 2.27. The van der Waals surface area contributed by atoms with Gasteiger partial charge in [0, 0.05) is 32.6 Å². The van der Waals surface area contributed by atoms with Crippen molar-refractivity contribution in [3.63, 3.8) is 0 Å². The second-order valence-electron chi connectivity index (χ2n) is 5.53. The predicted molar refractivity (Wildman–Crippen MR) is 82.7 cm³/mol. The van der Waals surface area contributed by atoms with Crippen molar-refractivity contribution in [2.24, 2.45) is 4.99 Å². The first-order valence-corrected chi connectivity index (χ1v) is 7.12. The lowest BCUT2D eigenvalue weighted by Crippen LogP contribution is -2.47. The van der Waals surface area contributed by atoms with Crippen LogP contribution in [0.1, 0.15) is 19.4 Å². The molecular formula is C16H23N3O. The molecule has 0 atom stereocenters. The Morgan fingerprint density at radius 1 is 1.10 bits per heavy atom. The summed E-state index contributed by atoms with van der Waals surface area (Å²) >= 11 is 0. The number of carbonyl (C=O) groups is 1. The number of ketones is 1. The second kappa shape index (κ2) is 6.66. The summed E-state index contributed by atoms with van der Waals surface area (Å²) in [6.45, 7) is 7.58. The number of fused-ring (bicyclic) bond motifs is 1. The Bertz CT molecular complexity index is 498. The van der Waals surface area contributed by atoms with E-state index in [2.05, 4.69) is 41.1 Å². The quantitative estimate of drug-likeness (QED) is 0.726. The molecule has 0 saturated carbocycles. The Labute approximate surface area is 121 Å². The predicted octanol–water partition coefficient (Wildman–Crippen LogP) is 2.12. The number of nitrogens with zero attached hydrogens (tertiary/aromatic N) is 3. The number of hydrogen-bond acceptors (Lipinski definition) is 4. The van der Waals surface area contributed by atoms with Crippen molar-refractivity contribution >= 4 is 17.3 Å². The molecule has 0 amide bonds. The monoisotopic (exact) mass is 273 g/mol. The van der Waals surface area contributed by atoms with Gasteiger partial charge in [-0.15, -0.1) is 0 Å². The van der Waals surface area contributed by atoms with E-state index < -0.39 is 0 Å². The number of para-hydroxylation sites is 1. The summed E-state index contributed by atoms with van der Waals surface area (Å²) in [5.74, 6) is 1.43. The van der Waals surface area contributed by atoms with Gasteiger partial charge < -0.3 is 14.6 Å². The van der Waals surface area contributed by atoms with Gasteiger partial charge in [0.05, 0.1) is 5.69 Å². The molecule has 2 heterocycles. The maximum absolute atomic E-state index is 9.44. The van der Waals surface area contributed by atoms with E-state index in [1.54, 1.807) is 0 Å². The first-order chi connectivity index (χ1) is 9.56. The zero-order valence-corrected chi connectivity index (χ0v) is 12.6. The molecule has 3 rings (SSSR count). The van der Waals surface area contributed by atoms with Crippen LogP contribution in [0, 0.1) is 0 Å². The largest absolute Gasteiger partial charge is 0.357 e. The molecule has 108 valence electrons. The number of rotatable bonds is 0. The average Bonchev–Trinajstić information content (AvgIpc) is 2.82. The molecular weight excluding hydrogens is 250 g/mol. The van der Waals surface area contributed by atoms with Crippen LogP contribution in [0.3, 0.4) is 0 Å². The number of benzene rings is 1. The van der Waals surface area contributed by atoms with Crippen LogP contribution in [0.5, 0.6) is 0 Å². The molecule has 0 aliphatic carbocycles. The molecule has 1 fully saturated rings. The number of piperazine rings is 1. The Balaban J connectivity index is 0.000000328. The van der Waals surface area contributed by atoms with Crippen LogP contribution in [0.4, 0.5) is 5.69 Å². The van der Waals surface area contributed by atoms with Crippen molar-refractivity contribution in [1.29, 1.82) is 0 Å². The fraction of sp³-hybridized carbons (Fsp3) is 0.500. The second-order valence-corrected chi connectivity index (χ2v) is 5.53. The number of carbonyl (C=O) groups excluding carboxylic acids is 1. The van der Waals surface area contributed by atoms with Crippen LogP contribution in [0.2, 0.25) is 0 Å². The van der Waals surface area contributed by atoms with Crippen molar-refractivity contribution in [1.82, 2.24) is 9.80 Å². The molecule has 2 aliphatic rings. The molecule has 0 unspecified atom stereocenters. The lowest BCUT2D eigenvalue weighted by atomic mass is 10.1. The van der Waals surface area contributed by atoms with Gasteiger partial charge in [-0.05, 0) is 32.5 Å². The molecule has 0 aromatic heterocycles. The third-order valence-electron chi connectivity index (χ3n) is 3.46. The first kappa shape index (κ1) is 14.7. The van der Waals surface area contributed by atoms with Crippen LogP contribution in [0.25, 0.3) is 0 Å². The molecule has 1 aromatic carbocycles. The molecule has 0 spiro atoms. The highest BCUT2D eigenvalue weighted by molar-refractivity contribution is 5.92. The van der Waals surface area contributed by atoms with Gasteiger partial charge >= 0.3 is 0 Å². The van der Waals surface area contributed by atoms with Crippen molar-refractivity contribution in [3.8, 4) is 0 Å². The summed E-state index contributed by atoms with van der Waals surface area (Å²) in [6.07, 6.45) is 1.01. The maximum Gasteiger partial charge on any atom is 0.126 e. The van der Waals surface area contributed by atoms with E-state index in [0.29, 0.717) is 0 Å². The number of hydrogen-bond donors (Lipinski definition) is 0. The fourth-order valence-corrected chi connectivity index (χ4v) is 2.37. The summed E-state index contributed by atoms with van der Waals surface area (Å²) in [5.41, 5.74) is 2.54. The van der Waals surface area contributed by atoms with Crippen LogP contribution in [0.15, 0.2) is 29.3 Å². The van der Waals surface area contributed by atoms with Crippen LogP contribution in [-0.2, 0) is 11.2 Å². The van der Waals surface area contributed by atoms with Crippen molar-refractivity contribution in [3.05, 3.63) is 29.8 Å². The van der Waals surface area contributed by atoms with E-state index in [1.807, 2.05) is 0 Å². The van der Waals surface area contributed by atoms with Gasteiger partial charge in [-0.3, -0.25) is 0 Å². The summed E-state index contributed by atoms with van der Waals surface area (Å²) in [6, 6.07) is 8.46. The van der Waals surface area contributed by atoms with Crippen molar-refractivity contribution in [2.45, 2.75) is 20.3 Å². The van der Waals surface area contributed by atoms with Gasteiger partial charge in [0.15, 0.2) is 0 Å². The topological polar surface area (TPSA) is 35.9 Å². The third-order valence-corrected chi connectivity index (χ3v) is 3.46. The van der Waals surface area contributed by atoms with Gasteiger partial charge in [-0.25, -0.2) is 4.99 Å². The molecule has 0 bridgehead atoms. The summed E-state index contributed by atoms with van der Waals surface area (Å²) in [4.78, 5) is 19.0. The van der Waals surface area contributed by atoms with Gasteiger partial charge in [0.2, 0.25) is 0 Å². The zero-order valence-electron chi connectivity index (χ0n) is 12.6. The number of Topliss-reactive ketones (excluding diaryl/α,β-unsaturated/α-hetero) is 1. The normalized spacial score (nSPS) is 17.9. The number of aliphatic imine (C=N–C) groups is 1. The highest BCUT2D eigenvalue weighted by atomic mass is 16.1. The Kier molecular flexibility index (Phi) is 4.90. The Hall–Kier alpha value is -1.68. The Morgan fingerprint density at radius 2 is 1.70 bits per heavy atom. The van der Waals surface area contributed by atoms with E-state index in [9.17, 15) is 4.79 Å². The van der Waals surface area contributed by atoms with Crippen LogP contribution < -0.4 is 0 Å². The molecule has 20 heavy (non-hydrogen) atoms. The molecule has 1 aromatic rings. The van der Waals surface area contributed by atoms with E-state index in [-0.39, 0.29) is 5.78 Å². The molecule has 4 nitrogen and oxygen atoms in total. The van der Waals surface area contributed by atoms with E-state index in [0.717, 1.165) is 38.3 Å². The summed E-state index contributed by atoms with van der Waals surface area (Å²) < 4.78 is 0. The van der Waals surface area contributed by atoms with Crippen LogP contribution >= 0.6 is 0 Å². The van der Waals surface area contributed by atoms with Gasteiger partial charge in [-0.2, -0.15) is 0 Å². The molecule has 0 radical (unpaired) electrons. The van der Waals surface area contributed by atoms with Crippen molar-refractivity contribution < 1.29 is 4.79 Å². The lowest BCUT2D eigenvalue weighted by molar-refractivity contribution is -0.114. The van der Waals surface area contributed by atoms with Crippen LogP contribution in [-0.4, -0.2) is 54.6 Å². The molecule has 0 N–H and O–H groups in total. The molecule has 4 heteroatoms. The molecule has 1 saturated heterocycles. The molecule has 2 aliphatic heterocycles. The van der Waals surface area contributed by atoms with Gasteiger partial charge in [0.1, 0.15) is 11.6 Å². The van der Waals surface area contributed by atoms with E-state index in [4.69, 9.17) is 4.99 Å². The van der Waals surface area contributed by atoms with E-state index in [1.165, 1.54) is 25.2 Å². The minimum absolute atomic E-state index is 0.167. The fourth-order valence-electron chi connectivity index (χ4n) is 2.37. The minimum atomic E-state index is 0.167. The first-order valence-electron chi connectivity index (χ1n) is 7.12. The standard InChI is InChI=1S/C13H17N3.C3H6O/c1-15-6-8-16(9-7-15)13-10-11-4-2-3-5-12(11)14-13;1-3(2)4/h2-5H,6-10H2,1H3;1-2H3. The smallest absolute Gasteiger partial charge is 0.126 e. The van der Waals surface area contributed by atoms with Gasteiger partial charge in [0.25, 0.3) is 0 Å². The maximum atomic E-state index is 9.44. The Morgan fingerprint density at radius 3 is 2.30 bits per heavy atom. The van der Waals surface area contributed by atoms with Gasteiger partial charge in [-0.1, -0.05) is 18.2 Å². The SMILES string of the molecule is CC(C)=O.CN1CCN(C2=Nc3ccccc3C2)CC1. The minimum Gasteiger partial charge on any atom is -0.357 e. The summed E-state index contributed by atoms with van der Waals surface area (Å²) in [7, 11) is 2.18. The number of likely N-dealkylation sites (N-methyl/N-ethyl adjacent to an activating group) is 1.